The molecule has 0 saturated carbocycles. The van der Waals surface area contributed by atoms with Crippen molar-refractivity contribution in [3.05, 3.63) is 44.4 Å². The van der Waals surface area contributed by atoms with Gasteiger partial charge < -0.3 is 5.32 Å². The fraction of sp³-hybridized carbons (Fsp3) is 0.312. The Bertz CT molecular complexity index is 954. The molecular weight excluding hydrogens is 374 g/mol. The van der Waals surface area contributed by atoms with E-state index >= 15 is 0 Å². The van der Waals surface area contributed by atoms with Crippen LogP contribution in [0.2, 0.25) is 0 Å². The minimum absolute atomic E-state index is 0.0275. The molecule has 0 saturated heterocycles. The Morgan fingerprint density at radius 1 is 1.30 bits per heavy atom. The van der Waals surface area contributed by atoms with Crippen LogP contribution in [-0.2, 0) is 4.79 Å². The van der Waals surface area contributed by atoms with Crippen molar-refractivity contribution in [2.45, 2.75) is 26.2 Å². The molecule has 0 aliphatic carbocycles. The molecule has 2 aromatic rings. The number of amides is 3. The van der Waals surface area contributed by atoms with E-state index in [1.54, 1.807) is 0 Å². The predicted octanol–water partition coefficient (Wildman–Crippen LogP) is 2.19. The first-order valence-electron chi connectivity index (χ1n) is 8.06. The van der Waals surface area contributed by atoms with Crippen molar-refractivity contribution >= 4 is 39.9 Å². The number of nitrogens with zero attached hydrogens (tertiary/aromatic N) is 4. The van der Waals surface area contributed by atoms with Crippen LogP contribution in [0.25, 0.3) is 0 Å². The van der Waals surface area contributed by atoms with Crippen molar-refractivity contribution in [2.75, 3.05) is 11.9 Å². The summed E-state index contributed by atoms with van der Waals surface area (Å²) in [6.45, 7) is 3.71. The van der Waals surface area contributed by atoms with E-state index in [-0.39, 0.29) is 30.0 Å². The van der Waals surface area contributed by atoms with Crippen molar-refractivity contribution in [2.24, 2.45) is 0 Å². The lowest BCUT2D eigenvalue weighted by Crippen LogP contribution is -2.33. The van der Waals surface area contributed by atoms with Gasteiger partial charge in [-0.3, -0.25) is 29.4 Å². The molecule has 1 aromatic carbocycles. The number of carbonyl (C=O) groups is 3. The minimum atomic E-state index is -0.770. The SMILES string of the molecule is CC(C)c1nnc(NC(=O)CCN2C(=O)c3cccc([N+](=O)[O-])c3C2=O)s1. The number of hydrogen-bond acceptors (Lipinski definition) is 8. The first kappa shape index (κ1) is 18.6. The van der Waals surface area contributed by atoms with Gasteiger partial charge in [0.05, 0.1) is 10.5 Å². The lowest BCUT2D eigenvalue weighted by Gasteiger charge is -2.12. The molecule has 0 fully saturated rings. The molecule has 3 rings (SSSR count). The van der Waals surface area contributed by atoms with E-state index in [1.807, 2.05) is 13.8 Å². The largest absolute Gasteiger partial charge is 0.300 e. The third-order valence-corrected chi connectivity index (χ3v) is 5.06. The Morgan fingerprint density at radius 2 is 2.04 bits per heavy atom. The van der Waals surface area contributed by atoms with Crippen LogP contribution in [0.5, 0.6) is 0 Å². The Kier molecular flexibility index (Phi) is 4.95. The van der Waals surface area contributed by atoms with E-state index in [1.165, 1.54) is 29.5 Å². The van der Waals surface area contributed by atoms with E-state index < -0.39 is 28.3 Å². The maximum absolute atomic E-state index is 12.4. The van der Waals surface area contributed by atoms with Gasteiger partial charge >= 0.3 is 0 Å². The highest BCUT2D eigenvalue weighted by atomic mass is 32.1. The number of benzene rings is 1. The zero-order valence-corrected chi connectivity index (χ0v) is 15.3. The minimum Gasteiger partial charge on any atom is -0.300 e. The van der Waals surface area contributed by atoms with Gasteiger partial charge in [0, 0.05) is 24.9 Å². The quantitative estimate of drug-likeness (QED) is 0.454. The lowest BCUT2D eigenvalue weighted by atomic mass is 10.1. The van der Waals surface area contributed by atoms with Crippen molar-refractivity contribution in [1.82, 2.24) is 15.1 Å². The Morgan fingerprint density at radius 3 is 2.67 bits per heavy atom. The van der Waals surface area contributed by atoms with Crippen LogP contribution < -0.4 is 5.32 Å². The molecule has 0 atom stereocenters. The number of nitrogens with one attached hydrogen (secondary N) is 1. The molecular formula is C16H15N5O5S. The Hall–Kier alpha value is -3.21. The van der Waals surface area contributed by atoms with Crippen LogP contribution in [-0.4, -0.2) is 44.3 Å². The van der Waals surface area contributed by atoms with Crippen LogP contribution in [0.3, 0.4) is 0 Å². The molecule has 0 unspecified atom stereocenters. The molecule has 27 heavy (non-hydrogen) atoms. The van der Waals surface area contributed by atoms with Gasteiger partial charge in [0.2, 0.25) is 11.0 Å². The average molecular weight is 389 g/mol. The van der Waals surface area contributed by atoms with E-state index in [4.69, 9.17) is 0 Å². The van der Waals surface area contributed by atoms with Gasteiger partial charge in [-0.2, -0.15) is 0 Å². The summed E-state index contributed by atoms with van der Waals surface area (Å²) in [4.78, 5) is 48.1. The maximum Gasteiger partial charge on any atom is 0.282 e. The molecule has 1 aliphatic heterocycles. The number of hydrogen-bond donors (Lipinski definition) is 1. The zero-order chi connectivity index (χ0) is 19.7. The monoisotopic (exact) mass is 389 g/mol. The third kappa shape index (κ3) is 3.53. The summed E-state index contributed by atoms with van der Waals surface area (Å²) in [7, 11) is 0. The summed E-state index contributed by atoms with van der Waals surface area (Å²) in [5, 5.41) is 22.6. The van der Waals surface area contributed by atoms with E-state index in [0.717, 1.165) is 9.91 Å². The maximum atomic E-state index is 12.4. The van der Waals surface area contributed by atoms with Crippen molar-refractivity contribution in [1.29, 1.82) is 0 Å². The van der Waals surface area contributed by atoms with Gasteiger partial charge in [0.15, 0.2) is 0 Å². The summed E-state index contributed by atoms with van der Waals surface area (Å²) >= 11 is 1.25. The second kappa shape index (κ2) is 7.19. The molecule has 1 aliphatic rings. The first-order valence-corrected chi connectivity index (χ1v) is 8.88. The van der Waals surface area contributed by atoms with E-state index in [2.05, 4.69) is 15.5 Å². The van der Waals surface area contributed by atoms with Gasteiger partial charge in [-0.15, -0.1) is 10.2 Å². The molecule has 2 heterocycles. The van der Waals surface area contributed by atoms with Gasteiger partial charge in [0.1, 0.15) is 10.6 Å². The van der Waals surface area contributed by atoms with Crippen LogP contribution in [0.4, 0.5) is 10.8 Å². The highest BCUT2D eigenvalue weighted by Crippen LogP contribution is 2.30. The second-order valence-electron chi connectivity index (χ2n) is 6.12. The highest BCUT2D eigenvalue weighted by molar-refractivity contribution is 7.15. The summed E-state index contributed by atoms with van der Waals surface area (Å²) in [6, 6.07) is 3.87. The fourth-order valence-electron chi connectivity index (χ4n) is 2.58. The lowest BCUT2D eigenvalue weighted by molar-refractivity contribution is -0.385. The zero-order valence-electron chi connectivity index (χ0n) is 14.5. The predicted molar refractivity (Wildman–Crippen MR) is 95.7 cm³/mol. The molecule has 1 aromatic heterocycles. The summed E-state index contributed by atoms with van der Waals surface area (Å²) in [5.41, 5.74) is -0.688. The number of imide groups is 1. The summed E-state index contributed by atoms with van der Waals surface area (Å²) in [5.74, 6) is -1.67. The number of nitro groups is 1. The topological polar surface area (TPSA) is 135 Å². The van der Waals surface area contributed by atoms with Gasteiger partial charge in [-0.1, -0.05) is 31.3 Å². The molecule has 10 nitrogen and oxygen atoms in total. The Labute approximate surface area is 157 Å². The number of aromatic nitrogens is 2. The number of fused-ring (bicyclic) bond motifs is 1. The standard InChI is InChI=1S/C16H15N5O5S/c1-8(2)13-18-19-16(27-13)17-11(22)6-7-20-14(23)9-4-3-5-10(21(25)26)12(9)15(20)24/h3-5,8H,6-7H2,1-2H3,(H,17,19,22). The third-order valence-electron chi connectivity index (χ3n) is 3.92. The van der Waals surface area contributed by atoms with Crippen LogP contribution >= 0.6 is 11.3 Å². The summed E-state index contributed by atoms with van der Waals surface area (Å²) in [6.07, 6.45) is -0.157. The first-order chi connectivity index (χ1) is 12.8. The summed E-state index contributed by atoms with van der Waals surface area (Å²) < 4.78 is 0. The van der Waals surface area contributed by atoms with Crippen molar-refractivity contribution < 1.29 is 19.3 Å². The van der Waals surface area contributed by atoms with Crippen molar-refractivity contribution in [3.8, 4) is 0 Å². The number of rotatable bonds is 6. The smallest absolute Gasteiger partial charge is 0.282 e. The van der Waals surface area contributed by atoms with Gasteiger partial charge in [-0.25, -0.2) is 0 Å². The van der Waals surface area contributed by atoms with E-state index in [0.29, 0.717) is 5.13 Å². The fourth-order valence-corrected chi connectivity index (χ4v) is 3.35. The number of carbonyl (C=O) groups excluding carboxylic acids is 3. The van der Waals surface area contributed by atoms with Crippen LogP contribution in [0.15, 0.2) is 18.2 Å². The van der Waals surface area contributed by atoms with Crippen LogP contribution in [0, 0.1) is 10.1 Å². The molecule has 1 N–H and O–H groups in total. The Balaban J connectivity index is 1.67. The molecule has 0 radical (unpaired) electrons. The molecule has 11 heteroatoms. The molecule has 3 amide bonds. The number of anilines is 1. The number of nitro benzene ring substituents is 1. The van der Waals surface area contributed by atoms with Gasteiger partial charge in [-0.05, 0) is 6.07 Å². The van der Waals surface area contributed by atoms with E-state index in [9.17, 15) is 24.5 Å². The van der Waals surface area contributed by atoms with Gasteiger partial charge in [0.25, 0.3) is 17.5 Å². The average Bonchev–Trinajstić information content (AvgIpc) is 3.17. The molecule has 0 spiro atoms. The highest BCUT2D eigenvalue weighted by Gasteiger charge is 2.40. The van der Waals surface area contributed by atoms with Crippen molar-refractivity contribution in [3.63, 3.8) is 0 Å². The second-order valence-corrected chi connectivity index (χ2v) is 7.13. The normalized spacial score (nSPS) is 13.2. The molecule has 140 valence electrons. The van der Waals surface area contributed by atoms with Crippen LogP contribution in [0.1, 0.15) is 51.9 Å². The molecule has 0 bridgehead atoms.